The van der Waals surface area contributed by atoms with E-state index in [9.17, 15) is 9.59 Å². The number of hydrogen-bond acceptors (Lipinski definition) is 4. The lowest BCUT2D eigenvalue weighted by Crippen LogP contribution is -2.54. The Bertz CT molecular complexity index is 957. The van der Waals surface area contributed by atoms with E-state index in [1.165, 1.54) is 0 Å². The van der Waals surface area contributed by atoms with Crippen LogP contribution in [0.2, 0.25) is 0 Å². The first-order chi connectivity index (χ1) is 15.1. The van der Waals surface area contributed by atoms with Gasteiger partial charge in [-0.2, -0.15) is 0 Å². The normalized spacial score (nSPS) is 21.7. The summed E-state index contributed by atoms with van der Waals surface area (Å²) in [5, 5.41) is 4.12. The monoisotopic (exact) mass is 412 g/mol. The molecule has 1 fully saturated rings. The molecule has 0 spiro atoms. The molecule has 1 aliphatic heterocycles. The van der Waals surface area contributed by atoms with E-state index in [0.29, 0.717) is 24.2 Å². The van der Waals surface area contributed by atoms with Crippen molar-refractivity contribution in [2.75, 3.05) is 27.2 Å². The summed E-state index contributed by atoms with van der Waals surface area (Å²) in [5.74, 6) is -0.645. The van der Waals surface area contributed by atoms with E-state index in [2.05, 4.69) is 5.01 Å². The Morgan fingerprint density at radius 3 is 1.45 bits per heavy atom. The Morgan fingerprint density at radius 1 is 0.677 bits per heavy atom. The zero-order chi connectivity index (χ0) is 21.8. The lowest BCUT2D eigenvalue weighted by Gasteiger charge is -2.45. The Balaban J connectivity index is 1.80. The topological polar surface area (TPSA) is 40.6 Å². The van der Waals surface area contributed by atoms with E-state index in [4.69, 9.17) is 0 Å². The summed E-state index contributed by atoms with van der Waals surface area (Å²) in [6.45, 7) is 1.16. The maximum atomic E-state index is 13.7. The molecule has 2 unspecified atom stereocenters. The van der Waals surface area contributed by atoms with Crippen molar-refractivity contribution >= 4 is 11.6 Å². The minimum absolute atomic E-state index is 0.0897. The van der Waals surface area contributed by atoms with Gasteiger partial charge in [0.05, 0.1) is 0 Å². The molecular formula is C27H28N2O2. The maximum absolute atomic E-state index is 13.7. The highest BCUT2D eigenvalue weighted by Gasteiger charge is 2.45. The van der Waals surface area contributed by atoms with E-state index in [0.717, 1.165) is 5.56 Å². The van der Waals surface area contributed by atoms with Crippen LogP contribution >= 0.6 is 0 Å². The van der Waals surface area contributed by atoms with E-state index >= 15 is 0 Å². The predicted molar refractivity (Wildman–Crippen MR) is 123 cm³/mol. The van der Waals surface area contributed by atoms with Gasteiger partial charge in [-0.1, -0.05) is 91.0 Å². The molecule has 4 heteroatoms. The molecule has 3 aromatic rings. The zero-order valence-corrected chi connectivity index (χ0v) is 18.0. The van der Waals surface area contributed by atoms with Crippen molar-refractivity contribution in [2.24, 2.45) is 11.8 Å². The standard InChI is InChI=1S/C27H28N2O2/c1-28(2)29-18-23(26(30)21-14-8-4-9-15-21)25(20-12-6-3-7-13-20)24(19-29)27(31)22-16-10-5-11-17-22/h3-17,23-25H,18-19H2,1-2H3. The van der Waals surface area contributed by atoms with Crippen molar-refractivity contribution in [3.63, 3.8) is 0 Å². The van der Waals surface area contributed by atoms with E-state index < -0.39 is 0 Å². The third-order valence-electron chi connectivity index (χ3n) is 6.22. The predicted octanol–water partition coefficient (Wildman–Crippen LogP) is 4.56. The maximum Gasteiger partial charge on any atom is 0.167 e. The van der Waals surface area contributed by atoms with Crippen molar-refractivity contribution in [1.82, 2.24) is 10.0 Å². The first kappa shape index (κ1) is 21.2. The van der Waals surface area contributed by atoms with Crippen LogP contribution in [0, 0.1) is 11.8 Å². The quantitative estimate of drug-likeness (QED) is 0.557. The number of hydrazine groups is 1. The summed E-state index contributed by atoms with van der Waals surface area (Å²) in [5.41, 5.74) is 2.43. The second kappa shape index (κ2) is 9.38. The Morgan fingerprint density at radius 2 is 1.06 bits per heavy atom. The number of nitrogens with zero attached hydrogens (tertiary/aromatic N) is 2. The average molecular weight is 413 g/mol. The van der Waals surface area contributed by atoms with Crippen LogP contribution in [-0.2, 0) is 0 Å². The molecule has 4 nitrogen and oxygen atoms in total. The second-order valence-corrected chi connectivity index (χ2v) is 8.33. The Hall–Kier alpha value is -3.08. The minimum Gasteiger partial charge on any atom is -0.294 e. The summed E-state index contributed by atoms with van der Waals surface area (Å²) in [6.07, 6.45) is 0. The van der Waals surface area contributed by atoms with E-state index in [1.807, 2.05) is 110 Å². The third-order valence-corrected chi connectivity index (χ3v) is 6.22. The molecule has 0 amide bonds. The SMILES string of the molecule is CN(C)N1CC(C(=O)c2ccccc2)C(c2ccccc2)C(C(=O)c2ccccc2)C1. The second-order valence-electron chi connectivity index (χ2n) is 8.33. The van der Waals surface area contributed by atoms with Crippen LogP contribution in [0.3, 0.4) is 0 Å². The highest BCUT2D eigenvalue weighted by molar-refractivity contribution is 6.02. The molecule has 3 aromatic carbocycles. The molecule has 1 saturated heterocycles. The van der Waals surface area contributed by atoms with Crippen LogP contribution in [0.5, 0.6) is 0 Å². The number of hydrogen-bond donors (Lipinski definition) is 0. The van der Waals surface area contributed by atoms with Crippen LogP contribution in [-0.4, -0.2) is 48.8 Å². The first-order valence-electron chi connectivity index (χ1n) is 10.7. The van der Waals surface area contributed by atoms with Gasteiger partial charge in [0.15, 0.2) is 11.6 Å². The smallest absolute Gasteiger partial charge is 0.167 e. The van der Waals surface area contributed by atoms with Crippen LogP contribution < -0.4 is 0 Å². The van der Waals surface area contributed by atoms with Crippen LogP contribution in [0.1, 0.15) is 32.2 Å². The minimum atomic E-state index is -0.321. The molecule has 1 heterocycles. The molecular weight excluding hydrogens is 384 g/mol. The van der Waals surface area contributed by atoms with Gasteiger partial charge in [-0.3, -0.25) is 9.59 Å². The zero-order valence-electron chi connectivity index (χ0n) is 18.0. The van der Waals surface area contributed by atoms with Crippen molar-refractivity contribution in [1.29, 1.82) is 0 Å². The molecule has 0 N–H and O–H groups in total. The number of ketones is 2. The third kappa shape index (κ3) is 4.50. The fourth-order valence-corrected chi connectivity index (χ4v) is 4.63. The number of carbonyl (C=O) groups excluding carboxylic acids is 2. The molecule has 0 aliphatic carbocycles. The summed E-state index contributed by atoms with van der Waals surface area (Å²) >= 11 is 0. The average Bonchev–Trinajstić information content (AvgIpc) is 2.84. The molecule has 0 saturated carbocycles. The highest BCUT2D eigenvalue weighted by Crippen LogP contribution is 2.40. The Labute approximate surface area is 184 Å². The van der Waals surface area contributed by atoms with Crippen molar-refractivity contribution in [3.05, 3.63) is 108 Å². The largest absolute Gasteiger partial charge is 0.294 e. The van der Waals surface area contributed by atoms with Crippen molar-refractivity contribution in [2.45, 2.75) is 5.92 Å². The molecule has 0 aromatic heterocycles. The number of rotatable bonds is 6. The fourth-order valence-electron chi connectivity index (χ4n) is 4.63. The number of Topliss-reactive ketones (excluding diaryl/α,β-unsaturated/α-hetero) is 2. The fraction of sp³-hybridized carbons (Fsp3) is 0.259. The van der Waals surface area contributed by atoms with E-state index in [1.54, 1.807) is 0 Å². The molecule has 31 heavy (non-hydrogen) atoms. The van der Waals surface area contributed by atoms with Gasteiger partial charge in [-0.15, -0.1) is 0 Å². The van der Waals surface area contributed by atoms with Gasteiger partial charge in [0.1, 0.15) is 0 Å². The van der Waals surface area contributed by atoms with Gasteiger partial charge in [0.25, 0.3) is 0 Å². The summed E-state index contributed by atoms with van der Waals surface area (Å²) in [7, 11) is 3.94. The van der Waals surface area contributed by atoms with Crippen molar-refractivity contribution in [3.8, 4) is 0 Å². The molecule has 4 rings (SSSR count). The van der Waals surface area contributed by atoms with Gasteiger partial charge < -0.3 is 0 Å². The summed E-state index contributed by atoms with van der Waals surface area (Å²) < 4.78 is 0. The Kier molecular flexibility index (Phi) is 6.40. The van der Waals surface area contributed by atoms with Gasteiger partial charge in [0, 0.05) is 56.1 Å². The van der Waals surface area contributed by atoms with E-state index in [-0.39, 0.29) is 29.3 Å². The van der Waals surface area contributed by atoms with Gasteiger partial charge in [-0.05, 0) is 5.56 Å². The molecule has 158 valence electrons. The number of carbonyl (C=O) groups is 2. The molecule has 2 atom stereocenters. The van der Waals surface area contributed by atoms with Crippen molar-refractivity contribution < 1.29 is 9.59 Å². The summed E-state index contributed by atoms with van der Waals surface area (Å²) in [4.78, 5) is 27.4. The molecule has 0 radical (unpaired) electrons. The first-order valence-corrected chi connectivity index (χ1v) is 10.7. The van der Waals surface area contributed by atoms with Gasteiger partial charge in [0.2, 0.25) is 0 Å². The van der Waals surface area contributed by atoms with Crippen LogP contribution in [0.25, 0.3) is 0 Å². The molecule has 1 aliphatic rings. The van der Waals surface area contributed by atoms with Gasteiger partial charge in [-0.25, -0.2) is 10.0 Å². The molecule has 0 bridgehead atoms. The highest BCUT2D eigenvalue weighted by atomic mass is 16.1. The lowest BCUT2D eigenvalue weighted by atomic mass is 9.69. The summed E-state index contributed by atoms with van der Waals surface area (Å²) in [6, 6.07) is 28.9. The number of benzene rings is 3. The lowest BCUT2D eigenvalue weighted by molar-refractivity contribution is -0.0340. The van der Waals surface area contributed by atoms with Crippen LogP contribution in [0.15, 0.2) is 91.0 Å². The number of piperidine rings is 1. The van der Waals surface area contributed by atoms with Crippen LogP contribution in [0.4, 0.5) is 0 Å². The van der Waals surface area contributed by atoms with Gasteiger partial charge >= 0.3 is 0 Å².